The van der Waals surface area contributed by atoms with Crippen LogP contribution in [0.25, 0.3) is 0 Å². The molecular formula is C15H21N3O2S. The summed E-state index contributed by atoms with van der Waals surface area (Å²) in [5.41, 5.74) is 0.900. The van der Waals surface area contributed by atoms with Crippen LogP contribution in [-0.4, -0.2) is 37.2 Å². The molecule has 2 saturated heterocycles. The maximum absolute atomic E-state index is 12.8. The second-order valence-corrected chi connectivity index (χ2v) is 7.44. The fourth-order valence-corrected chi connectivity index (χ4v) is 4.85. The summed E-state index contributed by atoms with van der Waals surface area (Å²) in [5.74, 6) is 0.424. The lowest BCUT2D eigenvalue weighted by molar-refractivity contribution is -0.133. The predicted octanol–water partition coefficient (Wildman–Crippen LogP) is 1.59. The van der Waals surface area contributed by atoms with Crippen molar-refractivity contribution in [2.24, 2.45) is 11.3 Å². The molecule has 3 aliphatic rings. The number of rotatable bonds is 2. The number of anilines is 1. The van der Waals surface area contributed by atoms with Gasteiger partial charge in [0.15, 0.2) is 5.13 Å². The van der Waals surface area contributed by atoms with Gasteiger partial charge in [-0.3, -0.25) is 4.79 Å². The molecule has 1 aliphatic carbocycles. The number of aryl methyl sites for hydroxylation is 2. The zero-order valence-corrected chi connectivity index (χ0v) is 12.9. The summed E-state index contributed by atoms with van der Waals surface area (Å²) in [4.78, 5) is 18.8. The summed E-state index contributed by atoms with van der Waals surface area (Å²) in [6.45, 7) is 3.01. The number of ether oxygens (including phenoxy) is 1. The van der Waals surface area contributed by atoms with E-state index in [9.17, 15) is 4.79 Å². The summed E-state index contributed by atoms with van der Waals surface area (Å²) in [6.07, 6.45) is 5.45. The van der Waals surface area contributed by atoms with Crippen molar-refractivity contribution in [3.63, 3.8) is 0 Å². The molecule has 0 bridgehead atoms. The molecule has 0 unspecified atom stereocenters. The summed E-state index contributed by atoms with van der Waals surface area (Å²) in [6, 6.07) is 0. The first-order valence-electron chi connectivity index (χ1n) is 7.86. The molecule has 2 N–H and O–H groups in total. The normalized spacial score (nSPS) is 31.5. The fraction of sp³-hybridized carbons (Fsp3) is 0.733. The molecule has 114 valence electrons. The molecule has 6 heteroatoms. The van der Waals surface area contributed by atoms with E-state index in [2.05, 4.69) is 15.6 Å². The Morgan fingerprint density at radius 2 is 2.33 bits per heavy atom. The lowest BCUT2D eigenvalue weighted by Gasteiger charge is -2.36. The van der Waals surface area contributed by atoms with Crippen LogP contribution in [0.1, 0.15) is 29.8 Å². The van der Waals surface area contributed by atoms with E-state index in [0.29, 0.717) is 19.1 Å². The van der Waals surface area contributed by atoms with Gasteiger partial charge in [-0.1, -0.05) is 0 Å². The van der Waals surface area contributed by atoms with Crippen LogP contribution >= 0.6 is 11.3 Å². The molecule has 4 rings (SSSR count). The quantitative estimate of drug-likeness (QED) is 0.871. The van der Waals surface area contributed by atoms with Gasteiger partial charge in [0.2, 0.25) is 5.91 Å². The Balaban J connectivity index is 1.53. The molecule has 21 heavy (non-hydrogen) atoms. The molecule has 5 nitrogen and oxygen atoms in total. The van der Waals surface area contributed by atoms with Gasteiger partial charge in [0.05, 0.1) is 17.7 Å². The van der Waals surface area contributed by atoms with E-state index in [4.69, 9.17) is 4.74 Å². The first-order valence-corrected chi connectivity index (χ1v) is 8.68. The molecule has 2 fully saturated rings. The molecule has 0 spiro atoms. The van der Waals surface area contributed by atoms with Crippen LogP contribution in [0.15, 0.2) is 0 Å². The number of thiazole rings is 1. The highest BCUT2D eigenvalue weighted by Crippen LogP contribution is 2.40. The lowest BCUT2D eigenvalue weighted by atomic mass is 9.73. The Bertz CT molecular complexity index is 536. The Morgan fingerprint density at radius 1 is 1.43 bits per heavy atom. The Labute approximate surface area is 128 Å². The van der Waals surface area contributed by atoms with Gasteiger partial charge in [0.1, 0.15) is 0 Å². The number of nitrogens with zero attached hydrogens (tertiary/aromatic N) is 1. The van der Waals surface area contributed by atoms with E-state index in [1.54, 1.807) is 11.3 Å². The maximum atomic E-state index is 12.8. The Kier molecular flexibility index (Phi) is 3.47. The number of hydrogen-bond acceptors (Lipinski definition) is 5. The molecule has 0 aromatic carbocycles. The van der Waals surface area contributed by atoms with E-state index in [-0.39, 0.29) is 11.3 Å². The zero-order chi connectivity index (χ0) is 14.3. The van der Waals surface area contributed by atoms with E-state index < -0.39 is 0 Å². The minimum Gasteiger partial charge on any atom is -0.381 e. The number of aromatic nitrogens is 1. The van der Waals surface area contributed by atoms with Crippen LogP contribution in [0, 0.1) is 11.3 Å². The van der Waals surface area contributed by atoms with Crippen molar-refractivity contribution in [1.82, 2.24) is 10.3 Å². The second kappa shape index (κ2) is 5.34. The smallest absolute Gasteiger partial charge is 0.234 e. The minimum atomic E-state index is -0.301. The molecule has 1 aromatic heterocycles. The van der Waals surface area contributed by atoms with Crippen molar-refractivity contribution in [2.75, 3.05) is 31.6 Å². The molecule has 2 aliphatic heterocycles. The largest absolute Gasteiger partial charge is 0.381 e. The SMILES string of the molecule is O=C(Nc1nc2c(s1)CCCC2)[C@@]12CCOC[C@@H]1CNC2. The van der Waals surface area contributed by atoms with Crippen LogP contribution in [0.5, 0.6) is 0 Å². The van der Waals surface area contributed by atoms with Gasteiger partial charge in [-0.25, -0.2) is 4.98 Å². The van der Waals surface area contributed by atoms with Gasteiger partial charge >= 0.3 is 0 Å². The monoisotopic (exact) mass is 307 g/mol. The Morgan fingerprint density at radius 3 is 3.24 bits per heavy atom. The third-order valence-electron chi connectivity index (χ3n) is 5.14. The topological polar surface area (TPSA) is 63.2 Å². The molecule has 2 atom stereocenters. The van der Waals surface area contributed by atoms with Crippen LogP contribution in [0.2, 0.25) is 0 Å². The first kappa shape index (κ1) is 13.7. The highest BCUT2D eigenvalue weighted by molar-refractivity contribution is 7.15. The van der Waals surface area contributed by atoms with Crippen molar-refractivity contribution >= 4 is 22.4 Å². The molecule has 0 saturated carbocycles. The average Bonchev–Trinajstić information content (AvgIpc) is 3.10. The second-order valence-electron chi connectivity index (χ2n) is 6.36. The van der Waals surface area contributed by atoms with Gasteiger partial charge in [0, 0.05) is 30.5 Å². The third kappa shape index (κ3) is 2.29. The molecule has 3 heterocycles. The molecule has 0 radical (unpaired) electrons. The standard InChI is InChI=1S/C15H21N3O2S/c19-13(15-5-6-20-8-10(15)7-16-9-15)18-14-17-11-3-1-2-4-12(11)21-14/h10,16H,1-9H2,(H,17,18,19)/t10-,15+/m0/s1. The number of amides is 1. The summed E-state index contributed by atoms with van der Waals surface area (Å²) in [7, 11) is 0. The van der Waals surface area contributed by atoms with Crippen molar-refractivity contribution in [2.45, 2.75) is 32.1 Å². The van der Waals surface area contributed by atoms with Gasteiger partial charge in [0.25, 0.3) is 0 Å². The number of fused-ring (bicyclic) bond motifs is 2. The van der Waals surface area contributed by atoms with E-state index in [1.165, 1.54) is 23.4 Å². The maximum Gasteiger partial charge on any atom is 0.234 e. The van der Waals surface area contributed by atoms with Gasteiger partial charge in [-0.15, -0.1) is 11.3 Å². The summed E-state index contributed by atoms with van der Waals surface area (Å²) < 4.78 is 5.54. The first-order chi connectivity index (χ1) is 10.3. The molecule has 1 amide bonds. The molecular weight excluding hydrogens is 286 g/mol. The van der Waals surface area contributed by atoms with E-state index in [0.717, 1.165) is 37.5 Å². The molecule has 1 aromatic rings. The lowest BCUT2D eigenvalue weighted by Crippen LogP contribution is -2.47. The van der Waals surface area contributed by atoms with E-state index >= 15 is 0 Å². The predicted molar refractivity (Wildman–Crippen MR) is 81.6 cm³/mol. The third-order valence-corrected chi connectivity index (χ3v) is 6.22. The van der Waals surface area contributed by atoms with Gasteiger partial charge in [-0.2, -0.15) is 0 Å². The fourth-order valence-electron chi connectivity index (χ4n) is 3.81. The van der Waals surface area contributed by atoms with Gasteiger partial charge < -0.3 is 15.4 Å². The number of nitrogens with one attached hydrogen (secondary N) is 2. The van der Waals surface area contributed by atoms with E-state index in [1.807, 2.05) is 0 Å². The number of carbonyl (C=O) groups excluding carboxylic acids is 1. The number of hydrogen-bond donors (Lipinski definition) is 2. The van der Waals surface area contributed by atoms with Crippen LogP contribution in [0.4, 0.5) is 5.13 Å². The highest BCUT2D eigenvalue weighted by atomic mass is 32.1. The van der Waals surface area contributed by atoms with Crippen LogP contribution in [-0.2, 0) is 22.4 Å². The van der Waals surface area contributed by atoms with Crippen molar-refractivity contribution in [3.05, 3.63) is 10.6 Å². The zero-order valence-electron chi connectivity index (χ0n) is 12.1. The van der Waals surface area contributed by atoms with Crippen molar-refractivity contribution in [3.8, 4) is 0 Å². The Hall–Kier alpha value is -0.980. The summed E-state index contributed by atoms with van der Waals surface area (Å²) >= 11 is 1.66. The van der Waals surface area contributed by atoms with Crippen molar-refractivity contribution in [1.29, 1.82) is 0 Å². The number of carbonyl (C=O) groups is 1. The summed E-state index contributed by atoms with van der Waals surface area (Å²) in [5, 5.41) is 7.26. The highest BCUT2D eigenvalue weighted by Gasteiger charge is 2.50. The average molecular weight is 307 g/mol. The van der Waals surface area contributed by atoms with Crippen LogP contribution in [0.3, 0.4) is 0 Å². The van der Waals surface area contributed by atoms with Crippen molar-refractivity contribution < 1.29 is 9.53 Å². The minimum absolute atomic E-state index is 0.131. The van der Waals surface area contributed by atoms with Gasteiger partial charge in [-0.05, 0) is 32.1 Å². The van der Waals surface area contributed by atoms with Crippen LogP contribution < -0.4 is 10.6 Å².